The highest BCUT2D eigenvalue weighted by Gasteiger charge is 2.07. The fourth-order valence-electron chi connectivity index (χ4n) is 2.37. The monoisotopic (exact) mass is 282 g/mol. The average Bonchev–Trinajstić information content (AvgIpc) is 2.45. The van der Waals surface area contributed by atoms with E-state index >= 15 is 0 Å². The maximum absolute atomic E-state index is 12.0. The van der Waals surface area contributed by atoms with Crippen molar-refractivity contribution in [3.8, 4) is 0 Å². The SMILES string of the molecule is CCc1cccc(C)c1NCC(=O)Nc1cccc(C)c1. The van der Waals surface area contributed by atoms with Gasteiger partial charge in [-0.15, -0.1) is 0 Å². The summed E-state index contributed by atoms with van der Waals surface area (Å²) in [6.45, 7) is 6.45. The standard InChI is InChI=1S/C18H22N2O/c1-4-15-9-6-8-14(3)18(15)19-12-17(21)20-16-10-5-7-13(2)11-16/h5-11,19H,4,12H2,1-3H3,(H,20,21). The molecule has 0 unspecified atom stereocenters. The molecule has 0 aliphatic heterocycles. The van der Waals surface area contributed by atoms with Gasteiger partial charge in [0.25, 0.3) is 0 Å². The number of benzene rings is 2. The summed E-state index contributed by atoms with van der Waals surface area (Å²) in [4.78, 5) is 12.0. The van der Waals surface area contributed by atoms with E-state index in [0.29, 0.717) is 0 Å². The van der Waals surface area contributed by atoms with Gasteiger partial charge in [-0.25, -0.2) is 0 Å². The first kappa shape index (κ1) is 15.1. The Morgan fingerprint density at radius 2 is 1.86 bits per heavy atom. The van der Waals surface area contributed by atoms with Crippen molar-refractivity contribution in [1.29, 1.82) is 0 Å². The van der Waals surface area contributed by atoms with Gasteiger partial charge in [0.05, 0.1) is 6.54 Å². The third kappa shape index (κ3) is 4.09. The average molecular weight is 282 g/mol. The molecule has 1 amide bonds. The highest BCUT2D eigenvalue weighted by atomic mass is 16.1. The lowest BCUT2D eigenvalue weighted by Gasteiger charge is -2.14. The molecule has 0 aliphatic carbocycles. The van der Waals surface area contributed by atoms with Crippen LogP contribution in [0, 0.1) is 13.8 Å². The van der Waals surface area contributed by atoms with Crippen LogP contribution in [0.5, 0.6) is 0 Å². The zero-order valence-electron chi connectivity index (χ0n) is 12.9. The number of anilines is 2. The van der Waals surface area contributed by atoms with Crippen LogP contribution < -0.4 is 10.6 Å². The zero-order chi connectivity index (χ0) is 15.2. The summed E-state index contributed by atoms with van der Waals surface area (Å²) in [6.07, 6.45) is 0.948. The lowest BCUT2D eigenvalue weighted by molar-refractivity contribution is -0.114. The van der Waals surface area contributed by atoms with Gasteiger partial charge in [0.1, 0.15) is 0 Å². The Morgan fingerprint density at radius 3 is 2.57 bits per heavy atom. The Bertz CT molecular complexity index is 635. The van der Waals surface area contributed by atoms with Crippen LogP contribution in [0.1, 0.15) is 23.6 Å². The summed E-state index contributed by atoms with van der Waals surface area (Å²) in [6, 6.07) is 14.0. The number of hydrogen-bond donors (Lipinski definition) is 2. The minimum Gasteiger partial charge on any atom is -0.376 e. The van der Waals surface area contributed by atoms with Crippen LogP contribution in [-0.4, -0.2) is 12.5 Å². The Balaban J connectivity index is 1.99. The Labute approximate surface area is 126 Å². The van der Waals surface area contributed by atoms with E-state index in [-0.39, 0.29) is 12.5 Å². The van der Waals surface area contributed by atoms with Crippen molar-refractivity contribution in [2.75, 3.05) is 17.2 Å². The molecule has 0 radical (unpaired) electrons. The second-order valence-electron chi connectivity index (χ2n) is 5.23. The molecule has 0 bridgehead atoms. The molecule has 0 saturated carbocycles. The number of aryl methyl sites for hydroxylation is 3. The summed E-state index contributed by atoms with van der Waals surface area (Å²) < 4.78 is 0. The maximum Gasteiger partial charge on any atom is 0.243 e. The van der Waals surface area contributed by atoms with Crippen molar-refractivity contribution in [3.05, 3.63) is 59.2 Å². The van der Waals surface area contributed by atoms with E-state index in [1.54, 1.807) is 0 Å². The van der Waals surface area contributed by atoms with Crippen molar-refractivity contribution in [1.82, 2.24) is 0 Å². The predicted octanol–water partition coefficient (Wildman–Crippen LogP) is 3.92. The quantitative estimate of drug-likeness (QED) is 0.872. The van der Waals surface area contributed by atoms with Crippen molar-refractivity contribution < 1.29 is 4.79 Å². The number of carbonyl (C=O) groups is 1. The minimum atomic E-state index is -0.0362. The molecule has 2 aromatic rings. The van der Waals surface area contributed by atoms with Gasteiger partial charge in [0, 0.05) is 11.4 Å². The molecule has 3 nitrogen and oxygen atoms in total. The van der Waals surface area contributed by atoms with Crippen LogP contribution in [0.2, 0.25) is 0 Å². The van der Waals surface area contributed by atoms with E-state index in [0.717, 1.165) is 28.9 Å². The number of nitrogens with one attached hydrogen (secondary N) is 2. The highest BCUT2D eigenvalue weighted by molar-refractivity contribution is 5.94. The molecule has 0 fully saturated rings. The molecule has 110 valence electrons. The van der Waals surface area contributed by atoms with E-state index in [1.165, 1.54) is 5.56 Å². The largest absolute Gasteiger partial charge is 0.376 e. The van der Waals surface area contributed by atoms with Crippen LogP contribution in [0.15, 0.2) is 42.5 Å². The molecule has 0 heterocycles. The molecule has 2 N–H and O–H groups in total. The first-order valence-corrected chi connectivity index (χ1v) is 7.29. The molecule has 0 aliphatic rings. The van der Waals surface area contributed by atoms with Crippen molar-refractivity contribution in [3.63, 3.8) is 0 Å². The van der Waals surface area contributed by atoms with E-state index in [1.807, 2.05) is 37.3 Å². The van der Waals surface area contributed by atoms with E-state index < -0.39 is 0 Å². The van der Waals surface area contributed by atoms with Crippen LogP contribution in [0.4, 0.5) is 11.4 Å². The molecule has 0 saturated heterocycles. The fourth-order valence-corrected chi connectivity index (χ4v) is 2.37. The molecular formula is C18H22N2O. The van der Waals surface area contributed by atoms with Crippen LogP contribution in [-0.2, 0) is 11.2 Å². The summed E-state index contributed by atoms with van der Waals surface area (Å²) in [5.74, 6) is -0.0362. The van der Waals surface area contributed by atoms with E-state index in [9.17, 15) is 4.79 Å². The summed E-state index contributed by atoms with van der Waals surface area (Å²) >= 11 is 0. The Kier molecular flexibility index (Phi) is 4.99. The Morgan fingerprint density at radius 1 is 1.10 bits per heavy atom. The summed E-state index contributed by atoms with van der Waals surface area (Å²) in [5, 5.41) is 6.16. The van der Waals surface area contributed by atoms with Gasteiger partial charge in [-0.05, 0) is 49.1 Å². The van der Waals surface area contributed by atoms with Crippen LogP contribution >= 0.6 is 0 Å². The summed E-state index contributed by atoms with van der Waals surface area (Å²) in [5.41, 5.74) is 5.44. The topological polar surface area (TPSA) is 41.1 Å². The number of carbonyl (C=O) groups excluding carboxylic acids is 1. The number of rotatable bonds is 5. The van der Waals surface area contributed by atoms with Gasteiger partial charge in [-0.2, -0.15) is 0 Å². The van der Waals surface area contributed by atoms with Crippen LogP contribution in [0.3, 0.4) is 0 Å². The minimum absolute atomic E-state index is 0.0362. The van der Waals surface area contributed by atoms with Gasteiger partial charge in [-0.3, -0.25) is 4.79 Å². The highest BCUT2D eigenvalue weighted by Crippen LogP contribution is 2.20. The third-order valence-electron chi connectivity index (χ3n) is 3.47. The van der Waals surface area contributed by atoms with Gasteiger partial charge >= 0.3 is 0 Å². The molecule has 2 rings (SSSR count). The summed E-state index contributed by atoms with van der Waals surface area (Å²) in [7, 11) is 0. The molecule has 0 atom stereocenters. The van der Waals surface area contributed by atoms with Crippen molar-refractivity contribution in [2.24, 2.45) is 0 Å². The third-order valence-corrected chi connectivity index (χ3v) is 3.47. The van der Waals surface area contributed by atoms with E-state index in [2.05, 4.69) is 36.6 Å². The first-order chi connectivity index (χ1) is 10.1. The smallest absolute Gasteiger partial charge is 0.243 e. The molecule has 21 heavy (non-hydrogen) atoms. The second kappa shape index (κ2) is 6.93. The van der Waals surface area contributed by atoms with Gasteiger partial charge in [0.2, 0.25) is 5.91 Å². The van der Waals surface area contributed by atoms with Crippen LogP contribution in [0.25, 0.3) is 0 Å². The number of hydrogen-bond acceptors (Lipinski definition) is 2. The molecule has 0 spiro atoms. The van der Waals surface area contributed by atoms with E-state index in [4.69, 9.17) is 0 Å². The first-order valence-electron chi connectivity index (χ1n) is 7.29. The molecular weight excluding hydrogens is 260 g/mol. The molecule has 3 heteroatoms. The van der Waals surface area contributed by atoms with Crippen molar-refractivity contribution in [2.45, 2.75) is 27.2 Å². The zero-order valence-corrected chi connectivity index (χ0v) is 12.9. The van der Waals surface area contributed by atoms with Gasteiger partial charge in [-0.1, -0.05) is 37.3 Å². The predicted molar refractivity (Wildman–Crippen MR) is 88.9 cm³/mol. The Hall–Kier alpha value is -2.29. The second-order valence-corrected chi connectivity index (χ2v) is 5.23. The number of amides is 1. The van der Waals surface area contributed by atoms with Gasteiger partial charge in [0.15, 0.2) is 0 Å². The lowest BCUT2D eigenvalue weighted by Crippen LogP contribution is -2.22. The molecule has 2 aromatic carbocycles. The molecule has 0 aromatic heterocycles. The maximum atomic E-state index is 12.0. The lowest BCUT2D eigenvalue weighted by atomic mass is 10.1. The number of para-hydroxylation sites is 1. The van der Waals surface area contributed by atoms with Gasteiger partial charge < -0.3 is 10.6 Å². The normalized spacial score (nSPS) is 10.2. The fraction of sp³-hybridized carbons (Fsp3) is 0.278. The van der Waals surface area contributed by atoms with Crippen molar-refractivity contribution >= 4 is 17.3 Å².